The molecule has 4 nitrogen and oxygen atoms in total. The number of fused-ring (bicyclic) bond motifs is 1. The summed E-state index contributed by atoms with van der Waals surface area (Å²) in [4.78, 5) is 0. The molecule has 2 unspecified atom stereocenters. The van der Waals surface area contributed by atoms with Crippen molar-refractivity contribution >= 4 is 17.3 Å². The highest BCUT2D eigenvalue weighted by atomic mass is 35.5. The molecule has 0 amide bonds. The standard InChI is InChI=1S/C27H36ClNO3/c1-27(2)26(31-18-20-10-7-11-21(28)16-20)25(30-15-14-19-8-5-4-6-9-19)23-17-22(29-3)12-13-24(23)32-27/h7,10-13,16-17,19,25-26,29H,4-6,8-9,14-15,18H2,1-3H3. The third-order valence-electron chi connectivity index (χ3n) is 6.80. The van der Waals surface area contributed by atoms with Crippen LogP contribution in [0.1, 0.15) is 69.6 Å². The van der Waals surface area contributed by atoms with Gasteiger partial charge in [-0.1, -0.05) is 55.8 Å². The maximum Gasteiger partial charge on any atom is 0.132 e. The summed E-state index contributed by atoms with van der Waals surface area (Å²) in [7, 11) is 1.93. The van der Waals surface area contributed by atoms with E-state index in [9.17, 15) is 0 Å². The molecule has 1 N–H and O–H groups in total. The van der Waals surface area contributed by atoms with Crippen LogP contribution in [-0.2, 0) is 16.1 Å². The second kappa shape index (κ2) is 10.5. The van der Waals surface area contributed by atoms with Crippen LogP contribution in [0.3, 0.4) is 0 Å². The highest BCUT2D eigenvalue weighted by Gasteiger charge is 2.45. The van der Waals surface area contributed by atoms with E-state index in [4.69, 9.17) is 25.8 Å². The van der Waals surface area contributed by atoms with Crippen molar-refractivity contribution in [2.45, 2.75) is 76.8 Å². The smallest absolute Gasteiger partial charge is 0.132 e. The van der Waals surface area contributed by atoms with Gasteiger partial charge in [-0.15, -0.1) is 0 Å². The van der Waals surface area contributed by atoms with E-state index in [1.807, 2.05) is 43.4 Å². The predicted octanol–water partition coefficient (Wildman–Crippen LogP) is 7.17. The van der Waals surface area contributed by atoms with E-state index in [1.165, 1.54) is 32.1 Å². The maximum atomic E-state index is 6.61. The van der Waals surface area contributed by atoms with Crippen LogP contribution in [0.2, 0.25) is 5.02 Å². The van der Waals surface area contributed by atoms with Gasteiger partial charge < -0.3 is 19.5 Å². The van der Waals surface area contributed by atoms with E-state index in [0.29, 0.717) is 6.61 Å². The lowest BCUT2D eigenvalue weighted by Gasteiger charge is -2.44. The normalized spacial score (nSPS) is 22.8. The number of nitrogens with one attached hydrogen (secondary N) is 1. The summed E-state index contributed by atoms with van der Waals surface area (Å²) in [6, 6.07) is 14.0. The molecule has 2 atom stereocenters. The maximum absolute atomic E-state index is 6.61. The lowest BCUT2D eigenvalue weighted by atomic mass is 9.86. The van der Waals surface area contributed by atoms with Crippen LogP contribution in [0.15, 0.2) is 42.5 Å². The lowest BCUT2D eigenvalue weighted by molar-refractivity contribution is -0.168. The first kappa shape index (κ1) is 23.4. The molecule has 2 aromatic carbocycles. The van der Waals surface area contributed by atoms with Crippen molar-refractivity contribution in [2.75, 3.05) is 19.0 Å². The van der Waals surface area contributed by atoms with Crippen LogP contribution < -0.4 is 10.1 Å². The minimum Gasteiger partial charge on any atom is -0.485 e. The minimum atomic E-state index is -0.526. The van der Waals surface area contributed by atoms with Gasteiger partial charge in [0.25, 0.3) is 0 Å². The van der Waals surface area contributed by atoms with Crippen LogP contribution in [0.4, 0.5) is 5.69 Å². The number of ether oxygens (including phenoxy) is 3. The molecule has 0 spiro atoms. The molecule has 5 heteroatoms. The first-order valence-corrected chi connectivity index (χ1v) is 12.3. The summed E-state index contributed by atoms with van der Waals surface area (Å²) in [6.45, 7) is 5.37. The SMILES string of the molecule is CNc1ccc2c(c1)C(OCCC1CCCCC1)C(OCc1cccc(Cl)c1)C(C)(C)O2. The Morgan fingerprint density at radius 1 is 1.06 bits per heavy atom. The molecule has 0 aromatic heterocycles. The molecule has 1 heterocycles. The van der Waals surface area contributed by atoms with Gasteiger partial charge in [-0.2, -0.15) is 0 Å². The second-order valence-electron chi connectivity index (χ2n) is 9.65. The highest BCUT2D eigenvalue weighted by Crippen LogP contribution is 2.45. The Hall–Kier alpha value is -1.75. The second-order valence-corrected chi connectivity index (χ2v) is 10.1. The van der Waals surface area contributed by atoms with Crippen molar-refractivity contribution in [3.63, 3.8) is 0 Å². The van der Waals surface area contributed by atoms with Gasteiger partial charge in [-0.3, -0.25) is 0 Å². The Bertz CT molecular complexity index is 894. The van der Waals surface area contributed by atoms with Crippen molar-refractivity contribution in [1.29, 1.82) is 0 Å². The highest BCUT2D eigenvalue weighted by molar-refractivity contribution is 6.30. The lowest BCUT2D eigenvalue weighted by Crippen LogP contribution is -2.51. The molecule has 174 valence electrons. The summed E-state index contributed by atoms with van der Waals surface area (Å²) >= 11 is 6.18. The first-order chi connectivity index (χ1) is 15.5. The van der Waals surface area contributed by atoms with Crippen LogP contribution in [0.25, 0.3) is 0 Å². The number of rotatable bonds is 8. The Balaban J connectivity index is 1.54. The zero-order valence-corrected chi connectivity index (χ0v) is 20.3. The van der Waals surface area contributed by atoms with E-state index in [2.05, 4.69) is 25.2 Å². The average Bonchev–Trinajstić information content (AvgIpc) is 2.78. The number of anilines is 1. The molecule has 0 radical (unpaired) electrons. The van der Waals surface area contributed by atoms with Gasteiger partial charge in [0.2, 0.25) is 0 Å². The molecule has 1 saturated carbocycles. The number of benzene rings is 2. The van der Waals surface area contributed by atoms with Crippen LogP contribution in [-0.4, -0.2) is 25.4 Å². The van der Waals surface area contributed by atoms with E-state index in [-0.39, 0.29) is 12.2 Å². The number of halogens is 1. The molecule has 32 heavy (non-hydrogen) atoms. The Labute approximate surface area is 197 Å². The summed E-state index contributed by atoms with van der Waals surface area (Å²) < 4.78 is 19.5. The Morgan fingerprint density at radius 3 is 2.62 bits per heavy atom. The molecule has 4 rings (SSSR count). The molecule has 2 aliphatic rings. The van der Waals surface area contributed by atoms with Gasteiger partial charge in [-0.25, -0.2) is 0 Å². The predicted molar refractivity (Wildman–Crippen MR) is 131 cm³/mol. The monoisotopic (exact) mass is 457 g/mol. The summed E-state index contributed by atoms with van der Waals surface area (Å²) in [5.41, 5.74) is 2.61. The quantitative estimate of drug-likeness (QED) is 0.456. The van der Waals surface area contributed by atoms with Crippen molar-refractivity contribution in [2.24, 2.45) is 5.92 Å². The van der Waals surface area contributed by atoms with E-state index in [0.717, 1.165) is 46.5 Å². The molecular formula is C27H36ClNO3. The Morgan fingerprint density at radius 2 is 1.88 bits per heavy atom. The fraction of sp³-hybridized carbons (Fsp3) is 0.556. The van der Waals surface area contributed by atoms with E-state index < -0.39 is 5.60 Å². The minimum absolute atomic E-state index is 0.190. The molecule has 2 aromatic rings. The van der Waals surface area contributed by atoms with Gasteiger partial charge >= 0.3 is 0 Å². The topological polar surface area (TPSA) is 39.7 Å². The molecule has 1 aliphatic carbocycles. The third kappa shape index (κ3) is 5.59. The zero-order valence-electron chi connectivity index (χ0n) is 19.5. The van der Waals surface area contributed by atoms with Crippen LogP contribution in [0, 0.1) is 5.92 Å². The van der Waals surface area contributed by atoms with Gasteiger partial charge in [0.15, 0.2) is 0 Å². The molecule has 0 saturated heterocycles. The van der Waals surface area contributed by atoms with Crippen molar-refractivity contribution in [1.82, 2.24) is 0 Å². The zero-order chi connectivity index (χ0) is 22.6. The van der Waals surface area contributed by atoms with Gasteiger partial charge in [0.1, 0.15) is 23.6 Å². The summed E-state index contributed by atoms with van der Waals surface area (Å²) in [5.74, 6) is 1.66. The number of hydrogen-bond donors (Lipinski definition) is 1. The molecular weight excluding hydrogens is 422 g/mol. The fourth-order valence-electron chi connectivity index (χ4n) is 5.00. The van der Waals surface area contributed by atoms with E-state index in [1.54, 1.807) is 0 Å². The Kier molecular flexibility index (Phi) is 7.65. The van der Waals surface area contributed by atoms with Crippen LogP contribution >= 0.6 is 11.6 Å². The third-order valence-corrected chi connectivity index (χ3v) is 7.04. The summed E-state index contributed by atoms with van der Waals surface area (Å²) in [6.07, 6.45) is 7.43. The fourth-order valence-corrected chi connectivity index (χ4v) is 5.22. The van der Waals surface area contributed by atoms with Crippen molar-refractivity contribution in [3.8, 4) is 5.75 Å². The largest absolute Gasteiger partial charge is 0.485 e. The van der Waals surface area contributed by atoms with Gasteiger partial charge in [0.05, 0.1) is 6.61 Å². The van der Waals surface area contributed by atoms with Gasteiger partial charge in [0, 0.05) is 29.9 Å². The average molecular weight is 458 g/mol. The first-order valence-electron chi connectivity index (χ1n) is 11.9. The van der Waals surface area contributed by atoms with Gasteiger partial charge in [-0.05, 0) is 62.1 Å². The molecule has 0 bridgehead atoms. The molecule has 1 fully saturated rings. The van der Waals surface area contributed by atoms with Crippen LogP contribution in [0.5, 0.6) is 5.75 Å². The summed E-state index contributed by atoms with van der Waals surface area (Å²) in [5, 5.41) is 3.96. The number of hydrogen-bond acceptors (Lipinski definition) is 4. The van der Waals surface area contributed by atoms with Crippen molar-refractivity contribution in [3.05, 3.63) is 58.6 Å². The molecule has 1 aliphatic heterocycles. The van der Waals surface area contributed by atoms with Crippen molar-refractivity contribution < 1.29 is 14.2 Å². The van der Waals surface area contributed by atoms with E-state index >= 15 is 0 Å².